The number of aromatic nitrogens is 1. The lowest BCUT2D eigenvalue weighted by atomic mass is 9.95. The first-order valence-corrected chi connectivity index (χ1v) is 5.44. The van der Waals surface area contributed by atoms with Gasteiger partial charge in [0, 0.05) is 6.20 Å². The monoisotopic (exact) mass is 221 g/mol. The molecule has 0 fully saturated rings. The molecule has 1 aromatic rings. The number of anilines is 1. The summed E-state index contributed by atoms with van der Waals surface area (Å²) in [5, 5.41) is 0. The minimum atomic E-state index is -0.495. The van der Waals surface area contributed by atoms with Crippen molar-refractivity contribution < 1.29 is 4.79 Å². The number of Topliss-reactive ketones (excluding diaryl/α,β-unsaturated/α-hetero) is 1. The van der Waals surface area contributed by atoms with Gasteiger partial charge in [-0.25, -0.2) is 4.98 Å². The highest BCUT2D eigenvalue weighted by Gasteiger charge is 2.21. The van der Waals surface area contributed by atoms with Crippen molar-refractivity contribution in [1.29, 1.82) is 0 Å². The summed E-state index contributed by atoms with van der Waals surface area (Å²) in [6.45, 7) is 5.91. The molecule has 0 spiro atoms. The summed E-state index contributed by atoms with van der Waals surface area (Å²) >= 11 is 0. The van der Waals surface area contributed by atoms with Crippen LogP contribution < -0.4 is 11.5 Å². The second-order valence-electron chi connectivity index (χ2n) is 4.49. The van der Waals surface area contributed by atoms with Crippen molar-refractivity contribution in [3.63, 3.8) is 0 Å². The fourth-order valence-electron chi connectivity index (χ4n) is 1.70. The number of hydrogen-bond acceptors (Lipinski definition) is 4. The molecule has 4 heteroatoms. The quantitative estimate of drug-likeness (QED) is 0.755. The van der Waals surface area contributed by atoms with E-state index in [2.05, 4.69) is 4.98 Å². The molecule has 0 aromatic carbocycles. The van der Waals surface area contributed by atoms with E-state index in [9.17, 15) is 4.79 Å². The number of ketones is 1. The highest BCUT2D eigenvalue weighted by atomic mass is 16.1. The lowest BCUT2D eigenvalue weighted by molar-refractivity contribution is 0.0951. The average molecular weight is 221 g/mol. The molecule has 0 aliphatic carbocycles. The van der Waals surface area contributed by atoms with E-state index in [0.717, 1.165) is 5.56 Å². The summed E-state index contributed by atoms with van der Waals surface area (Å²) in [4.78, 5) is 16.0. The second-order valence-corrected chi connectivity index (χ2v) is 4.49. The van der Waals surface area contributed by atoms with Gasteiger partial charge in [-0.3, -0.25) is 4.79 Å². The molecule has 1 atom stereocenters. The van der Waals surface area contributed by atoms with Crippen LogP contribution in [-0.4, -0.2) is 16.8 Å². The maximum absolute atomic E-state index is 12.1. The van der Waals surface area contributed by atoms with Gasteiger partial charge in [-0.05, 0) is 30.9 Å². The van der Waals surface area contributed by atoms with Crippen LogP contribution in [0.4, 0.5) is 5.82 Å². The van der Waals surface area contributed by atoms with Crippen LogP contribution in [0.1, 0.15) is 36.2 Å². The molecule has 1 unspecified atom stereocenters. The predicted molar refractivity (Wildman–Crippen MR) is 65.1 cm³/mol. The molecular formula is C12H19N3O. The molecule has 88 valence electrons. The third-order valence-electron chi connectivity index (χ3n) is 2.50. The molecular weight excluding hydrogens is 202 g/mol. The number of rotatable bonds is 4. The summed E-state index contributed by atoms with van der Waals surface area (Å²) in [5.41, 5.74) is 12.9. The molecule has 4 N–H and O–H groups in total. The van der Waals surface area contributed by atoms with Crippen LogP contribution in [0.3, 0.4) is 0 Å². The molecule has 16 heavy (non-hydrogen) atoms. The third kappa shape index (κ3) is 2.79. The highest BCUT2D eigenvalue weighted by Crippen LogP contribution is 2.17. The van der Waals surface area contributed by atoms with Crippen LogP contribution in [0.2, 0.25) is 0 Å². The van der Waals surface area contributed by atoms with Gasteiger partial charge in [-0.1, -0.05) is 13.8 Å². The first-order chi connectivity index (χ1) is 7.43. The van der Waals surface area contributed by atoms with E-state index in [4.69, 9.17) is 11.5 Å². The van der Waals surface area contributed by atoms with Crippen molar-refractivity contribution in [1.82, 2.24) is 4.98 Å². The van der Waals surface area contributed by atoms with Crippen molar-refractivity contribution >= 4 is 11.6 Å². The van der Waals surface area contributed by atoms with E-state index in [1.807, 2.05) is 20.8 Å². The van der Waals surface area contributed by atoms with E-state index in [1.54, 1.807) is 12.3 Å². The molecule has 1 heterocycles. The Morgan fingerprint density at radius 3 is 2.62 bits per heavy atom. The van der Waals surface area contributed by atoms with Crippen LogP contribution >= 0.6 is 0 Å². The molecule has 0 saturated carbocycles. The van der Waals surface area contributed by atoms with E-state index in [0.29, 0.717) is 17.9 Å². The number of nitrogens with zero attached hydrogens (tertiary/aromatic N) is 1. The Morgan fingerprint density at radius 2 is 2.12 bits per heavy atom. The highest BCUT2D eigenvalue weighted by molar-refractivity contribution is 6.04. The standard InChI is InChI=1S/C12H19N3O/c1-7(2)6-9(13)11(16)10-8(3)4-5-15-12(10)14/h4-5,7,9H,6,13H2,1-3H3,(H2,14,15). The lowest BCUT2D eigenvalue weighted by Crippen LogP contribution is -2.33. The summed E-state index contributed by atoms with van der Waals surface area (Å²) in [6, 6.07) is 1.27. The number of hydrogen-bond donors (Lipinski definition) is 2. The summed E-state index contributed by atoms with van der Waals surface area (Å²) in [6.07, 6.45) is 2.25. The largest absolute Gasteiger partial charge is 0.383 e. The number of pyridine rings is 1. The van der Waals surface area contributed by atoms with Crippen molar-refractivity contribution in [3.8, 4) is 0 Å². The van der Waals surface area contributed by atoms with Gasteiger partial charge in [-0.15, -0.1) is 0 Å². The van der Waals surface area contributed by atoms with Gasteiger partial charge in [0.1, 0.15) is 5.82 Å². The average Bonchev–Trinajstić information content (AvgIpc) is 2.16. The summed E-state index contributed by atoms with van der Waals surface area (Å²) < 4.78 is 0. The minimum absolute atomic E-state index is 0.114. The number of nitrogens with two attached hydrogens (primary N) is 2. The summed E-state index contributed by atoms with van der Waals surface area (Å²) in [5.74, 6) is 0.540. The van der Waals surface area contributed by atoms with Crippen molar-refractivity contribution in [2.45, 2.75) is 33.2 Å². The SMILES string of the molecule is Cc1ccnc(N)c1C(=O)C(N)CC(C)C. The molecule has 0 radical (unpaired) electrons. The number of nitrogen functional groups attached to an aromatic ring is 1. The minimum Gasteiger partial charge on any atom is -0.383 e. The lowest BCUT2D eigenvalue weighted by Gasteiger charge is -2.15. The third-order valence-corrected chi connectivity index (χ3v) is 2.50. The summed E-state index contributed by atoms with van der Waals surface area (Å²) in [7, 11) is 0. The fourth-order valence-corrected chi connectivity index (χ4v) is 1.70. The Hall–Kier alpha value is -1.42. The first kappa shape index (κ1) is 12.6. The number of carbonyl (C=O) groups excluding carboxylic acids is 1. The van der Waals surface area contributed by atoms with E-state index >= 15 is 0 Å². The van der Waals surface area contributed by atoms with Crippen molar-refractivity contribution in [2.75, 3.05) is 5.73 Å². The van der Waals surface area contributed by atoms with E-state index < -0.39 is 6.04 Å². The molecule has 0 aliphatic heterocycles. The number of carbonyl (C=O) groups is 1. The van der Waals surface area contributed by atoms with Gasteiger partial charge >= 0.3 is 0 Å². The fraction of sp³-hybridized carbons (Fsp3) is 0.500. The van der Waals surface area contributed by atoms with Crippen LogP contribution in [0.15, 0.2) is 12.3 Å². The van der Waals surface area contributed by atoms with Gasteiger partial charge in [0.25, 0.3) is 0 Å². The molecule has 0 bridgehead atoms. The van der Waals surface area contributed by atoms with Gasteiger partial charge < -0.3 is 11.5 Å². The van der Waals surface area contributed by atoms with Crippen molar-refractivity contribution in [3.05, 3.63) is 23.4 Å². The second kappa shape index (κ2) is 5.07. The van der Waals surface area contributed by atoms with Gasteiger partial charge in [0.15, 0.2) is 5.78 Å². The van der Waals surface area contributed by atoms with E-state index in [-0.39, 0.29) is 11.6 Å². The maximum Gasteiger partial charge on any atom is 0.183 e. The van der Waals surface area contributed by atoms with Gasteiger partial charge in [0.05, 0.1) is 11.6 Å². The normalized spacial score (nSPS) is 12.8. The molecule has 1 rings (SSSR count). The van der Waals surface area contributed by atoms with Gasteiger partial charge in [-0.2, -0.15) is 0 Å². The Bertz CT molecular complexity index is 368. The Balaban J connectivity index is 2.96. The van der Waals surface area contributed by atoms with Crippen LogP contribution in [0, 0.1) is 12.8 Å². The Kier molecular flexibility index (Phi) is 4.01. The first-order valence-electron chi connectivity index (χ1n) is 5.44. The zero-order valence-corrected chi connectivity index (χ0v) is 10.0. The topological polar surface area (TPSA) is 82.0 Å². The van der Waals surface area contributed by atoms with Crippen LogP contribution in [-0.2, 0) is 0 Å². The zero-order chi connectivity index (χ0) is 12.3. The molecule has 0 saturated heterocycles. The molecule has 0 aliphatic rings. The van der Waals surface area contributed by atoms with Crippen molar-refractivity contribution in [2.24, 2.45) is 11.7 Å². The smallest absolute Gasteiger partial charge is 0.183 e. The molecule has 4 nitrogen and oxygen atoms in total. The zero-order valence-electron chi connectivity index (χ0n) is 10.0. The van der Waals surface area contributed by atoms with Gasteiger partial charge in [0.2, 0.25) is 0 Å². The molecule has 1 aromatic heterocycles. The predicted octanol–water partition coefficient (Wildman–Crippen LogP) is 1.53. The Labute approximate surface area is 96.0 Å². The molecule has 0 amide bonds. The maximum atomic E-state index is 12.1. The number of aryl methyl sites for hydroxylation is 1. The van der Waals surface area contributed by atoms with Crippen LogP contribution in [0.25, 0.3) is 0 Å². The Morgan fingerprint density at radius 1 is 1.50 bits per heavy atom. The van der Waals surface area contributed by atoms with Crippen LogP contribution in [0.5, 0.6) is 0 Å². The van der Waals surface area contributed by atoms with E-state index in [1.165, 1.54) is 0 Å².